The summed E-state index contributed by atoms with van der Waals surface area (Å²) in [5.41, 5.74) is 0. The summed E-state index contributed by atoms with van der Waals surface area (Å²) in [7, 11) is 0. The van der Waals surface area contributed by atoms with E-state index in [9.17, 15) is 0 Å². The van der Waals surface area contributed by atoms with Gasteiger partial charge in [-0.25, -0.2) is 0 Å². The maximum absolute atomic E-state index is 4.09. The van der Waals surface area contributed by atoms with Crippen molar-refractivity contribution in [1.82, 2.24) is 45.7 Å². The lowest BCUT2D eigenvalue weighted by Crippen LogP contribution is -2.34. The van der Waals surface area contributed by atoms with Gasteiger partial charge in [-0.1, -0.05) is 5.21 Å². The smallest absolute Gasteiger partial charge is 0.299 e. The van der Waals surface area contributed by atoms with Crippen molar-refractivity contribution in [3.8, 4) is 11.6 Å². The molecule has 0 bridgehead atoms. The van der Waals surface area contributed by atoms with Gasteiger partial charge in [0.15, 0.2) is 6.33 Å². The molecule has 0 spiro atoms. The number of tetrazole rings is 2. The van der Waals surface area contributed by atoms with E-state index in [-0.39, 0.29) is 0 Å². The molecule has 2 N–H and O–H groups in total. The average Bonchev–Trinajstić information content (AvgIpc) is 3.01. The van der Waals surface area contributed by atoms with Crippen LogP contribution in [0, 0.1) is 0 Å². The monoisotopic (exact) mass is 205 g/mol. The topological polar surface area (TPSA) is 118 Å². The summed E-state index contributed by atoms with van der Waals surface area (Å²) in [6, 6.07) is 0. The number of aromatic nitrogens is 10. The van der Waals surface area contributed by atoms with Gasteiger partial charge in [-0.3, -0.25) is 0 Å². The largest absolute Gasteiger partial charge is 0.316 e. The molecule has 0 atom stereocenters. The van der Waals surface area contributed by atoms with Gasteiger partial charge in [0.2, 0.25) is 5.82 Å². The number of nitrogens with zero attached hydrogens (tertiary/aromatic N) is 8. The molecule has 0 amide bonds. The lowest BCUT2D eigenvalue weighted by molar-refractivity contribution is -0.663. The Labute approximate surface area is 81.9 Å². The Morgan fingerprint density at radius 3 is 3.07 bits per heavy atom. The van der Waals surface area contributed by atoms with Crippen LogP contribution in [0.4, 0.5) is 0 Å². The number of hydrogen-bond acceptors (Lipinski definition) is 6. The van der Waals surface area contributed by atoms with Gasteiger partial charge in [0.05, 0.1) is 0 Å². The third-order valence-corrected chi connectivity index (χ3v) is 1.78. The second-order valence-corrected chi connectivity index (χ2v) is 2.63. The molecule has 15 heavy (non-hydrogen) atoms. The normalized spacial score (nSPS) is 10.7. The summed E-state index contributed by atoms with van der Waals surface area (Å²) in [4.78, 5) is 7.00. The number of aromatic amines is 2. The molecule has 0 unspecified atom stereocenters. The highest BCUT2D eigenvalue weighted by atomic mass is 15.6. The van der Waals surface area contributed by atoms with E-state index in [4.69, 9.17) is 0 Å². The quantitative estimate of drug-likeness (QED) is 0.457. The van der Waals surface area contributed by atoms with Gasteiger partial charge in [0.25, 0.3) is 12.1 Å². The zero-order chi connectivity index (χ0) is 10.1. The van der Waals surface area contributed by atoms with Crippen LogP contribution in [-0.4, -0.2) is 45.7 Å². The molecular formula is C5H5N10+. The average molecular weight is 205 g/mol. The van der Waals surface area contributed by atoms with Crippen LogP contribution in [0.3, 0.4) is 0 Å². The zero-order valence-corrected chi connectivity index (χ0v) is 7.31. The van der Waals surface area contributed by atoms with Crippen LogP contribution in [0.1, 0.15) is 0 Å². The highest BCUT2D eigenvalue weighted by molar-refractivity contribution is 5.31. The highest BCUT2D eigenvalue weighted by Gasteiger charge is 2.16. The van der Waals surface area contributed by atoms with Crippen molar-refractivity contribution >= 4 is 0 Å². The van der Waals surface area contributed by atoms with Gasteiger partial charge in [-0.15, -0.1) is 14.8 Å². The molecule has 0 saturated carbocycles. The maximum atomic E-state index is 4.09. The van der Waals surface area contributed by atoms with Gasteiger partial charge in [-0.2, -0.15) is 4.68 Å². The van der Waals surface area contributed by atoms with Crippen LogP contribution >= 0.6 is 0 Å². The van der Waals surface area contributed by atoms with Gasteiger partial charge < -0.3 is 4.98 Å². The number of hydrogen-bond donors (Lipinski definition) is 2. The van der Waals surface area contributed by atoms with Crippen LogP contribution < -0.4 is 4.68 Å². The number of rotatable bonds is 2. The minimum Gasteiger partial charge on any atom is -0.316 e. The lowest BCUT2D eigenvalue weighted by Gasteiger charge is -1.94. The second kappa shape index (κ2) is 2.94. The van der Waals surface area contributed by atoms with Gasteiger partial charge in [-0.05, 0) is 10.4 Å². The summed E-state index contributed by atoms with van der Waals surface area (Å²) < 4.78 is 2.99. The molecule has 10 heteroatoms. The van der Waals surface area contributed by atoms with Crippen LogP contribution in [0.15, 0.2) is 19.0 Å². The first kappa shape index (κ1) is 7.73. The molecular weight excluding hydrogens is 200 g/mol. The first-order chi connectivity index (χ1) is 7.45. The Morgan fingerprint density at radius 2 is 2.33 bits per heavy atom. The minimum absolute atomic E-state index is 0.576. The molecule has 0 aliphatic heterocycles. The van der Waals surface area contributed by atoms with E-state index in [0.29, 0.717) is 11.6 Å². The molecule has 0 aliphatic carbocycles. The van der Waals surface area contributed by atoms with Crippen molar-refractivity contribution in [3.63, 3.8) is 0 Å². The standard InChI is InChI=1S/C5H4N10/c1-6-4(14-2-8-10-12-14)5(7-1)15-3-9-11-13-15/h1-3H,(H,6,7)/p+1. The number of nitrogens with one attached hydrogen (secondary N) is 2. The first-order valence-corrected chi connectivity index (χ1v) is 4.00. The maximum Gasteiger partial charge on any atom is 0.299 e. The predicted molar refractivity (Wildman–Crippen MR) is 42.8 cm³/mol. The van der Waals surface area contributed by atoms with Crippen molar-refractivity contribution < 1.29 is 4.68 Å². The van der Waals surface area contributed by atoms with E-state index in [1.807, 2.05) is 0 Å². The lowest BCUT2D eigenvalue weighted by atomic mass is 10.6. The molecule has 0 aromatic carbocycles. The summed E-state index contributed by atoms with van der Waals surface area (Å²) in [6.45, 7) is 0. The van der Waals surface area contributed by atoms with Crippen LogP contribution in [0.2, 0.25) is 0 Å². The predicted octanol–water partition coefficient (Wildman–Crippen LogP) is -2.22. The Kier molecular flexibility index (Phi) is 1.51. The van der Waals surface area contributed by atoms with Crippen LogP contribution in [0.5, 0.6) is 0 Å². The molecule has 3 rings (SSSR count). The summed E-state index contributed by atoms with van der Waals surface area (Å²) in [5.74, 6) is 1.20. The first-order valence-electron chi connectivity index (χ1n) is 4.00. The number of imidazole rings is 1. The van der Waals surface area contributed by atoms with Crippen molar-refractivity contribution in [2.45, 2.75) is 0 Å². The van der Waals surface area contributed by atoms with Crippen molar-refractivity contribution in [2.24, 2.45) is 0 Å². The number of H-pyrrole nitrogens is 2. The Hall–Kier alpha value is -2.65. The highest BCUT2D eigenvalue weighted by Crippen LogP contribution is 2.04. The molecule has 0 fully saturated rings. The fourth-order valence-electron chi connectivity index (χ4n) is 1.17. The van der Waals surface area contributed by atoms with E-state index < -0.39 is 0 Å². The Morgan fingerprint density at radius 1 is 1.33 bits per heavy atom. The molecule has 0 radical (unpaired) electrons. The van der Waals surface area contributed by atoms with E-state index >= 15 is 0 Å². The SMILES string of the molecule is c1nc(-[n+]2cnn[nH]2)c(-n2cnnn2)[nH]1. The molecule has 10 nitrogen and oxygen atoms in total. The van der Waals surface area contributed by atoms with Gasteiger partial charge >= 0.3 is 0 Å². The molecule has 0 aliphatic rings. The minimum atomic E-state index is 0.576. The molecule has 0 saturated heterocycles. The molecule has 3 aromatic heterocycles. The molecule has 3 aromatic rings. The van der Waals surface area contributed by atoms with Gasteiger partial charge in [0.1, 0.15) is 11.5 Å². The summed E-state index contributed by atoms with van der Waals surface area (Å²) in [5, 5.41) is 20.7. The summed E-state index contributed by atoms with van der Waals surface area (Å²) >= 11 is 0. The second-order valence-electron chi connectivity index (χ2n) is 2.63. The third-order valence-electron chi connectivity index (χ3n) is 1.78. The van der Waals surface area contributed by atoms with E-state index in [1.165, 1.54) is 28.3 Å². The fraction of sp³-hybridized carbons (Fsp3) is 0. The Bertz CT molecular complexity index is 483. The third kappa shape index (κ3) is 1.15. The van der Waals surface area contributed by atoms with E-state index in [0.717, 1.165) is 0 Å². The van der Waals surface area contributed by atoms with E-state index in [1.54, 1.807) is 0 Å². The fourth-order valence-corrected chi connectivity index (χ4v) is 1.17. The van der Waals surface area contributed by atoms with Gasteiger partial charge in [0, 0.05) is 5.10 Å². The Balaban J connectivity index is 2.15. The summed E-state index contributed by atoms with van der Waals surface area (Å²) in [6.07, 6.45) is 4.48. The van der Waals surface area contributed by atoms with Crippen LogP contribution in [0.25, 0.3) is 11.6 Å². The molecule has 3 heterocycles. The zero-order valence-electron chi connectivity index (χ0n) is 7.31. The van der Waals surface area contributed by atoms with Crippen LogP contribution in [-0.2, 0) is 0 Å². The van der Waals surface area contributed by atoms with Crippen molar-refractivity contribution in [1.29, 1.82) is 0 Å². The van der Waals surface area contributed by atoms with Crippen molar-refractivity contribution in [3.05, 3.63) is 19.0 Å². The van der Waals surface area contributed by atoms with Crippen molar-refractivity contribution in [2.75, 3.05) is 0 Å². The van der Waals surface area contributed by atoms with E-state index in [2.05, 4.69) is 41.0 Å². The molecule has 74 valence electrons.